The van der Waals surface area contributed by atoms with Gasteiger partial charge in [-0.05, 0) is 35.9 Å². The molecule has 0 fully saturated rings. The van der Waals surface area contributed by atoms with Crippen molar-refractivity contribution in [1.82, 2.24) is 0 Å². The number of halogens is 1. The van der Waals surface area contributed by atoms with E-state index in [0.717, 1.165) is 0 Å². The van der Waals surface area contributed by atoms with Gasteiger partial charge in [-0.25, -0.2) is 9.59 Å². The number of nitrogen functional groups attached to an aromatic ring is 2. The van der Waals surface area contributed by atoms with Gasteiger partial charge in [0.25, 0.3) is 0 Å². The third-order valence-electron chi connectivity index (χ3n) is 5.57. The number of rotatable bonds is 3. The van der Waals surface area contributed by atoms with Crippen LogP contribution in [0.2, 0.25) is 5.02 Å². The smallest absolute Gasteiger partial charge is 0.342 e. The summed E-state index contributed by atoms with van der Waals surface area (Å²) in [6.07, 6.45) is 0. The Bertz CT molecular complexity index is 1520. The first-order chi connectivity index (χ1) is 15.5. The molecule has 0 saturated carbocycles. The van der Waals surface area contributed by atoms with Crippen LogP contribution in [0.4, 0.5) is 11.4 Å². The molecule has 4 N–H and O–H groups in total. The molecule has 0 aliphatic carbocycles. The fourth-order valence-electron chi connectivity index (χ4n) is 4.09. The number of hydrogen-bond donors (Lipinski definition) is 2. The molecule has 0 unspecified atom stereocenters. The third kappa shape index (κ3) is 3.04. The first kappa shape index (κ1) is 19.9. The van der Waals surface area contributed by atoms with E-state index in [1.54, 1.807) is 72.8 Å². The van der Waals surface area contributed by atoms with Crippen LogP contribution in [-0.2, 0) is 0 Å². The topological polar surface area (TPSA) is 112 Å². The summed E-state index contributed by atoms with van der Waals surface area (Å²) in [6.45, 7) is 0. The van der Waals surface area contributed by atoms with Gasteiger partial charge >= 0.3 is 11.3 Å². The molecule has 7 heteroatoms. The number of anilines is 2. The number of fused-ring (bicyclic) bond motifs is 2. The Kier molecular flexibility index (Phi) is 4.72. The molecule has 0 radical (unpaired) electrons. The number of para-hydroxylation sites is 2. The largest absolute Gasteiger partial charge is 0.422 e. The van der Waals surface area contributed by atoms with Crippen molar-refractivity contribution >= 4 is 44.9 Å². The van der Waals surface area contributed by atoms with Crippen LogP contribution in [0.1, 0.15) is 22.6 Å². The van der Waals surface area contributed by atoms with Gasteiger partial charge in [0, 0.05) is 15.8 Å². The molecule has 0 aliphatic heterocycles. The second-order valence-corrected chi connectivity index (χ2v) is 7.79. The predicted octanol–water partition coefficient (Wildman–Crippen LogP) is 4.90. The van der Waals surface area contributed by atoms with Crippen LogP contribution in [-0.4, -0.2) is 0 Å². The van der Waals surface area contributed by atoms with Crippen molar-refractivity contribution in [2.24, 2.45) is 0 Å². The zero-order valence-corrected chi connectivity index (χ0v) is 17.4. The Hall–Kier alpha value is -4.03. The van der Waals surface area contributed by atoms with E-state index >= 15 is 0 Å². The van der Waals surface area contributed by atoms with Crippen LogP contribution < -0.4 is 22.7 Å². The maximum absolute atomic E-state index is 13.2. The normalized spacial score (nSPS) is 11.4. The monoisotopic (exact) mass is 444 g/mol. The summed E-state index contributed by atoms with van der Waals surface area (Å²) in [4.78, 5) is 26.4. The molecule has 0 bridgehead atoms. The summed E-state index contributed by atoms with van der Waals surface area (Å²) in [7, 11) is 0. The highest BCUT2D eigenvalue weighted by molar-refractivity contribution is 6.31. The Balaban J connectivity index is 1.94. The highest BCUT2D eigenvalue weighted by Crippen LogP contribution is 2.41. The van der Waals surface area contributed by atoms with Crippen LogP contribution in [0.25, 0.3) is 21.9 Å². The van der Waals surface area contributed by atoms with E-state index in [1.165, 1.54) is 0 Å². The molecule has 5 rings (SSSR count). The van der Waals surface area contributed by atoms with Crippen molar-refractivity contribution in [2.75, 3.05) is 11.5 Å². The standard InChI is InChI=1S/C25H17ClN2O4/c26-16-10-4-1-7-13(16)19(20-22(27)14-8-2-5-11-17(14)31-24(20)29)21-23(28)15-9-3-6-12-18(15)32-25(21)30/h1-12,19H,27-28H2. The lowest BCUT2D eigenvalue weighted by Crippen LogP contribution is -2.24. The molecule has 6 nitrogen and oxygen atoms in total. The van der Waals surface area contributed by atoms with Gasteiger partial charge in [0.05, 0.1) is 28.4 Å². The van der Waals surface area contributed by atoms with E-state index < -0.39 is 17.2 Å². The molecule has 3 aromatic carbocycles. The fourth-order valence-corrected chi connectivity index (χ4v) is 4.33. The van der Waals surface area contributed by atoms with Crippen molar-refractivity contribution in [3.8, 4) is 0 Å². The van der Waals surface area contributed by atoms with E-state index in [0.29, 0.717) is 32.5 Å². The minimum Gasteiger partial charge on any atom is -0.422 e. The Morgan fingerprint density at radius 2 is 1.09 bits per heavy atom. The minimum absolute atomic E-state index is 0.0751. The van der Waals surface area contributed by atoms with Crippen molar-refractivity contribution in [1.29, 1.82) is 0 Å². The highest BCUT2D eigenvalue weighted by atomic mass is 35.5. The quantitative estimate of drug-likeness (QED) is 0.383. The second kappa shape index (κ2) is 7.59. The average Bonchev–Trinajstić information content (AvgIpc) is 2.78. The van der Waals surface area contributed by atoms with Crippen molar-refractivity contribution in [2.45, 2.75) is 5.92 Å². The summed E-state index contributed by atoms with van der Waals surface area (Å²) in [5.41, 5.74) is 13.3. The molecule has 158 valence electrons. The number of nitrogens with two attached hydrogens (primary N) is 2. The predicted molar refractivity (Wildman–Crippen MR) is 126 cm³/mol. The van der Waals surface area contributed by atoms with E-state index in [1.807, 2.05) is 0 Å². The van der Waals surface area contributed by atoms with Gasteiger partial charge in [-0.2, -0.15) is 0 Å². The minimum atomic E-state index is -0.995. The molecule has 0 atom stereocenters. The molecule has 0 amide bonds. The van der Waals surface area contributed by atoms with Crippen LogP contribution >= 0.6 is 11.6 Å². The van der Waals surface area contributed by atoms with Gasteiger partial charge in [0.15, 0.2) is 0 Å². The van der Waals surface area contributed by atoms with Gasteiger partial charge < -0.3 is 20.3 Å². The average molecular weight is 445 g/mol. The van der Waals surface area contributed by atoms with Crippen LogP contribution in [0.3, 0.4) is 0 Å². The Morgan fingerprint density at radius 3 is 1.59 bits per heavy atom. The van der Waals surface area contributed by atoms with Crippen LogP contribution in [0.5, 0.6) is 0 Å². The van der Waals surface area contributed by atoms with E-state index in [-0.39, 0.29) is 22.5 Å². The van der Waals surface area contributed by atoms with E-state index in [4.69, 9.17) is 31.9 Å². The molecule has 0 saturated heterocycles. The second-order valence-electron chi connectivity index (χ2n) is 7.38. The molecule has 2 aromatic heterocycles. The van der Waals surface area contributed by atoms with Gasteiger partial charge in [0.2, 0.25) is 0 Å². The molecule has 2 heterocycles. The lowest BCUT2D eigenvalue weighted by molar-refractivity contribution is 0.537. The maximum atomic E-state index is 13.2. The van der Waals surface area contributed by atoms with Crippen LogP contribution in [0, 0.1) is 0 Å². The molecule has 5 aromatic rings. The lowest BCUT2D eigenvalue weighted by Gasteiger charge is -2.21. The van der Waals surface area contributed by atoms with Crippen molar-refractivity contribution in [3.63, 3.8) is 0 Å². The zero-order valence-electron chi connectivity index (χ0n) is 16.7. The third-order valence-corrected chi connectivity index (χ3v) is 5.92. The molecule has 0 spiro atoms. The van der Waals surface area contributed by atoms with Gasteiger partial charge in [-0.15, -0.1) is 0 Å². The zero-order chi connectivity index (χ0) is 22.4. The van der Waals surface area contributed by atoms with E-state index in [2.05, 4.69) is 0 Å². The van der Waals surface area contributed by atoms with Gasteiger partial charge in [-0.1, -0.05) is 54.1 Å². The maximum Gasteiger partial charge on any atom is 0.342 e. The fraction of sp³-hybridized carbons (Fsp3) is 0.0400. The summed E-state index contributed by atoms with van der Waals surface area (Å²) in [5.74, 6) is -0.995. The molecular formula is C25H17ClN2O4. The number of benzene rings is 3. The SMILES string of the molecule is Nc1c(C(c2ccccc2Cl)c2c(N)c3ccccc3oc2=O)c(=O)oc2ccccc12. The summed E-state index contributed by atoms with van der Waals surface area (Å²) < 4.78 is 11.1. The Morgan fingerprint density at radius 1 is 0.656 bits per heavy atom. The summed E-state index contributed by atoms with van der Waals surface area (Å²) in [6, 6.07) is 20.7. The molecule has 32 heavy (non-hydrogen) atoms. The summed E-state index contributed by atoms with van der Waals surface area (Å²) in [5, 5.41) is 1.43. The summed E-state index contributed by atoms with van der Waals surface area (Å²) >= 11 is 6.52. The van der Waals surface area contributed by atoms with Crippen molar-refractivity contribution in [3.05, 3.63) is 115 Å². The first-order valence-electron chi connectivity index (χ1n) is 9.84. The van der Waals surface area contributed by atoms with Gasteiger partial charge in [0.1, 0.15) is 11.2 Å². The Labute approximate surface area is 186 Å². The molecular weight excluding hydrogens is 428 g/mol. The van der Waals surface area contributed by atoms with E-state index in [9.17, 15) is 9.59 Å². The first-order valence-corrected chi connectivity index (χ1v) is 10.2. The van der Waals surface area contributed by atoms with Gasteiger partial charge in [-0.3, -0.25) is 0 Å². The van der Waals surface area contributed by atoms with Crippen molar-refractivity contribution < 1.29 is 8.83 Å². The lowest BCUT2D eigenvalue weighted by atomic mass is 9.84. The van der Waals surface area contributed by atoms with Crippen LogP contribution in [0.15, 0.2) is 91.2 Å². The highest BCUT2D eigenvalue weighted by Gasteiger charge is 2.32. The molecule has 0 aliphatic rings. The number of hydrogen-bond acceptors (Lipinski definition) is 6.